The fourth-order valence-corrected chi connectivity index (χ4v) is 5.92. The van der Waals surface area contributed by atoms with Gasteiger partial charge in [-0.3, -0.25) is 4.79 Å². The van der Waals surface area contributed by atoms with Crippen molar-refractivity contribution in [2.45, 2.75) is 62.1 Å². The number of hydrogen-bond acceptors (Lipinski definition) is 3. The molecule has 0 aromatic heterocycles. The lowest BCUT2D eigenvalue weighted by molar-refractivity contribution is -0.140. The highest BCUT2D eigenvalue weighted by Crippen LogP contribution is 2.37. The van der Waals surface area contributed by atoms with Crippen LogP contribution in [0.3, 0.4) is 0 Å². The van der Waals surface area contributed by atoms with E-state index in [1.165, 1.54) is 0 Å². The lowest BCUT2D eigenvalue weighted by Crippen LogP contribution is -2.48. The van der Waals surface area contributed by atoms with Crippen molar-refractivity contribution < 1.29 is 26.4 Å². The van der Waals surface area contributed by atoms with Crippen LogP contribution in [0.15, 0.2) is 23.1 Å². The standard InChI is InChI=1S/C19H24ClF3N2O3S/c20-14-8-9-17(16(11-14)19(21,22)23)29(27,28)25-10-4-5-13(12-25)18(26)24-15-6-2-1-3-7-15/h8-9,11,13,15H,1-7,10,12H2,(H,24,26). The molecule has 0 radical (unpaired) electrons. The second-order valence-corrected chi connectivity index (χ2v) is 10.0. The van der Waals surface area contributed by atoms with Crippen LogP contribution in [-0.4, -0.2) is 37.8 Å². The molecule has 1 amide bonds. The number of amides is 1. The number of carbonyl (C=O) groups is 1. The summed E-state index contributed by atoms with van der Waals surface area (Å²) in [6, 6.07) is 2.72. The monoisotopic (exact) mass is 452 g/mol. The number of halogens is 4. The van der Waals surface area contributed by atoms with E-state index < -0.39 is 32.6 Å². The first-order valence-electron chi connectivity index (χ1n) is 9.76. The lowest BCUT2D eigenvalue weighted by Gasteiger charge is -2.33. The topological polar surface area (TPSA) is 66.5 Å². The minimum atomic E-state index is -4.86. The van der Waals surface area contributed by atoms with Crippen LogP contribution in [0.4, 0.5) is 13.2 Å². The van der Waals surface area contributed by atoms with Crippen molar-refractivity contribution in [2.24, 2.45) is 5.92 Å². The van der Waals surface area contributed by atoms with E-state index in [0.717, 1.165) is 48.5 Å². The number of nitrogens with zero attached hydrogens (tertiary/aromatic N) is 1. The largest absolute Gasteiger partial charge is 0.417 e. The van der Waals surface area contributed by atoms with Crippen molar-refractivity contribution in [2.75, 3.05) is 13.1 Å². The van der Waals surface area contributed by atoms with Crippen molar-refractivity contribution >= 4 is 27.5 Å². The summed E-state index contributed by atoms with van der Waals surface area (Å²) in [6.45, 7) is -0.0454. The third kappa shape index (κ3) is 5.24. The van der Waals surface area contributed by atoms with Crippen LogP contribution < -0.4 is 5.32 Å². The Morgan fingerprint density at radius 2 is 1.79 bits per heavy atom. The first-order valence-corrected chi connectivity index (χ1v) is 11.6. The van der Waals surface area contributed by atoms with E-state index in [4.69, 9.17) is 11.6 Å². The maximum atomic E-state index is 13.4. The predicted octanol–water partition coefficient (Wildman–Crippen LogP) is 4.21. The Bertz CT molecular complexity index is 855. The minimum absolute atomic E-state index is 0.0788. The van der Waals surface area contributed by atoms with E-state index in [-0.39, 0.29) is 30.1 Å². The van der Waals surface area contributed by atoms with Crippen molar-refractivity contribution in [3.63, 3.8) is 0 Å². The molecule has 1 atom stereocenters. The summed E-state index contributed by atoms with van der Waals surface area (Å²) in [7, 11) is -4.42. The van der Waals surface area contributed by atoms with Gasteiger partial charge in [0.25, 0.3) is 0 Å². The quantitative estimate of drug-likeness (QED) is 0.744. The van der Waals surface area contributed by atoms with Crippen molar-refractivity contribution in [3.05, 3.63) is 28.8 Å². The van der Waals surface area contributed by atoms with Crippen LogP contribution in [0.2, 0.25) is 5.02 Å². The third-order valence-corrected chi connectivity index (χ3v) is 7.73. The van der Waals surface area contributed by atoms with Gasteiger partial charge in [0.05, 0.1) is 16.4 Å². The molecule has 1 saturated carbocycles. The maximum Gasteiger partial charge on any atom is 0.417 e. The zero-order chi connectivity index (χ0) is 21.2. The number of rotatable bonds is 4. The van der Waals surface area contributed by atoms with Crippen LogP contribution in [0.25, 0.3) is 0 Å². The normalized spacial score (nSPS) is 22.4. The van der Waals surface area contributed by atoms with Crippen molar-refractivity contribution in [3.8, 4) is 0 Å². The molecule has 5 nitrogen and oxygen atoms in total. The molecule has 2 aliphatic rings. The molecule has 1 aromatic rings. The first-order chi connectivity index (χ1) is 13.6. The number of piperidine rings is 1. The molecule has 0 bridgehead atoms. The Balaban J connectivity index is 1.78. The fourth-order valence-electron chi connectivity index (χ4n) is 4.03. The fraction of sp³-hybridized carbons (Fsp3) is 0.632. The van der Waals surface area contributed by atoms with Gasteiger partial charge < -0.3 is 5.32 Å². The maximum absolute atomic E-state index is 13.4. The molecule has 1 N–H and O–H groups in total. The molecular formula is C19H24ClF3N2O3S. The number of alkyl halides is 3. The zero-order valence-corrected chi connectivity index (χ0v) is 17.4. The molecule has 2 fully saturated rings. The summed E-state index contributed by atoms with van der Waals surface area (Å²) in [5.41, 5.74) is -1.29. The van der Waals surface area contributed by atoms with Gasteiger partial charge in [0.1, 0.15) is 0 Å². The summed E-state index contributed by atoms with van der Waals surface area (Å²) in [5, 5.41) is 2.79. The lowest BCUT2D eigenvalue weighted by atomic mass is 9.93. The smallest absolute Gasteiger partial charge is 0.353 e. The molecule has 3 rings (SSSR count). The average molecular weight is 453 g/mol. The Hall–Kier alpha value is -1.32. The van der Waals surface area contributed by atoms with Crippen LogP contribution in [0, 0.1) is 5.92 Å². The molecule has 10 heteroatoms. The van der Waals surface area contributed by atoms with Gasteiger partial charge in [0.2, 0.25) is 15.9 Å². The second-order valence-electron chi connectivity index (χ2n) is 7.68. The second kappa shape index (κ2) is 8.81. The average Bonchev–Trinajstić information content (AvgIpc) is 2.68. The van der Waals surface area contributed by atoms with E-state index in [9.17, 15) is 26.4 Å². The summed E-state index contributed by atoms with van der Waals surface area (Å²) in [6.07, 6.45) is 1.11. The Labute approximate surface area is 173 Å². The highest BCUT2D eigenvalue weighted by atomic mass is 35.5. The minimum Gasteiger partial charge on any atom is -0.353 e. The van der Waals surface area contributed by atoms with E-state index in [0.29, 0.717) is 18.9 Å². The molecular weight excluding hydrogens is 429 g/mol. The number of carbonyl (C=O) groups excluding carboxylic acids is 1. The van der Waals surface area contributed by atoms with Gasteiger partial charge in [0.15, 0.2) is 0 Å². The van der Waals surface area contributed by atoms with Gasteiger partial charge in [-0.15, -0.1) is 0 Å². The molecule has 1 aromatic carbocycles. The van der Waals surface area contributed by atoms with E-state index in [1.807, 2.05) is 0 Å². The van der Waals surface area contributed by atoms with Gasteiger partial charge in [0, 0.05) is 24.2 Å². The van der Waals surface area contributed by atoms with Crippen LogP contribution in [-0.2, 0) is 21.0 Å². The van der Waals surface area contributed by atoms with Crippen LogP contribution >= 0.6 is 11.6 Å². The van der Waals surface area contributed by atoms with Gasteiger partial charge >= 0.3 is 6.18 Å². The molecule has 0 spiro atoms. The highest BCUT2D eigenvalue weighted by Gasteiger charge is 2.41. The Morgan fingerprint density at radius 1 is 1.10 bits per heavy atom. The van der Waals surface area contributed by atoms with E-state index in [2.05, 4.69) is 5.32 Å². The van der Waals surface area contributed by atoms with Crippen molar-refractivity contribution in [1.82, 2.24) is 9.62 Å². The van der Waals surface area contributed by atoms with Gasteiger partial charge in [-0.2, -0.15) is 17.5 Å². The Morgan fingerprint density at radius 3 is 2.45 bits per heavy atom. The summed E-state index contributed by atoms with van der Waals surface area (Å²) in [5.74, 6) is -0.786. The summed E-state index contributed by atoms with van der Waals surface area (Å²) < 4.78 is 67.1. The molecule has 1 saturated heterocycles. The van der Waals surface area contributed by atoms with Crippen LogP contribution in [0.1, 0.15) is 50.5 Å². The number of nitrogens with one attached hydrogen (secondary N) is 1. The molecule has 1 aliphatic heterocycles. The Kier molecular flexibility index (Phi) is 6.80. The van der Waals surface area contributed by atoms with Crippen LogP contribution in [0.5, 0.6) is 0 Å². The van der Waals surface area contributed by atoms with E-state index >= 15 is 0 Å². The first kappa shape index (κ1) is 22.4. The molecule has 1 unspecified atom stereocenters. The third-order valence-electron chi connectivity index (χ3n) is 5.57. The van der Waals surface area contributed by atoms with Gasteiger partial charge in [-0.05, 0) is 43.9 Å². The molecule has 29 heavy (non-hydrogen) atoms. The molecule has 1 heterocycles. The van der Waals surface area contributed by atoms with Gasteiger partial charge in [-0.1, -0.05) is 30.9 Å². The van der Waals surface area contributed by atoms with Gasteiger partial charge in [-0.25, -0.2) is 8.42 Å². The number of hydrogen-bond donors (Lipinski definition) is 1. The SMILES string of the molecule is O=C(NC1CCCCC1)C1CCCN(S(=O)(=O)c2ccc(Cl)cc2C(F)(F)F)C1. The number of benzene rings is 1. The number of sulfonamides is 1. The zero-order valence-electron chi connectivity index (χ0n) is 15.8. The highest BCUT2D eigenvalue weighted by molar-refractivity contribution is 7.89. The van der Waals surface area contributed by atoms with E-state index in [1.54, 1.807) is 0 Å². The summed E-state index contributed by atoms with van der Waals surface area (Å²) >= 11 is 5.65. The molecule has 162 valence electrons. The van der Waals surface area contributed by atoms with Crippen molar-refractivity contribution in [1.29, 1.82) is 0 Å². The predicted molar refractivity (Wildman–Crippen MR) is 103 cm³/mol. The summed E-state index contributed by atoms with van der Waals surface area (Å²) in [4.78, 5) is 11.8. The molecule has 1 aliphatic carbocycles.